The molecule has 0 heterocycles. The van der Waals surface area contributed by atoms with Crippen molar-refractivity contribution in [3.63, 3.8) is 0 Å². The molecule has 0 saturated carbocycles. The Hall–Kier alpha value is -1.64. The lowest BCUT2D eigenvalue weighted by atomic mass is 9.99. The van der Waals surface area contributed by atoms with E-state index in [1.165, 1.54) is 13.8 Å². The third-order valence-corrected chi connectivity index (χ3v) is 2.16. The van der Waals surface area contributed by atoms with Crippen LogP contribution in [0.15, 0.2) is 12.1 Å². The van der Waals surface area contributed by atoms with Gasteiger partial charge in [0.2, 0.25) is 0 Å². The number of hydrogen-bond acceptors (Lipinski definition) is 3. The highest BCUT2D eigenvalue weighted by molar-refractivity contribution is 6.03. The maximum absolute atomic E-state index is 11.2. The number of rotatable bonds is 2. The number of ketones is 2. The van der Waals surface area contributed by atoms with Gasteiger partial charge in [0.05, 0.1) is 0 Å². The summed E-state index contributed by atoms with van der Waals surface area (Å²) in [6, 6.07) is 3.22. The van der Waals surface area contributed by atoms with Crippen LogP contribution in [0.2, 0.25) is 0 Å². The first-order valence-corrected chi connectivity index (χ1v) is 4.35. The second kappa shape index (κ2) is 3.62. The van der Waals surface area contributed by atoms with E-state index in [0.717, 1.165) is 5.56 Å². The molecule has 0 aliphatic carbocycles. The van der Waals surface area contributed by atoms with Crippen LogP contribution in [0.4, 0.5) is 5.69 Å². The molecule has 3 heteroatoms. The lowest BCUT2D eigenvalue weighted by molar-refractivity contribution is 0.101. The summed E-state index contributed by atoms with van der Waals surface area (Å²) in [5, 5.41) is 0. The maximum Gasteiger partial charge on any atom is 0.161 e. The van der Waals surface area contributed by atoms with Crippen LogP contribution in [0.1, 0.15) is 40.1 Å². The molecule has 0 fully saturated rings. The normalized spacial score (nSPS) is 9.93. The van der Waals surface area contributed by atoms with Crippen molar-refractivity contribution in [3.05, 3.63) is 28.8 Å². The van der Waals surface area contributed by atoms with Gasteiger partial charge < -0.3 is 5.73 Å². The molecule has 0 saturated heterocycles. The molecule has 2 N–H and O–H groups in total. The number of carbonyl (C=O) groups excluding carboxylic acids is 2. The minimum Gasteiger partial charge on any atom is -0.398 e. The van der Waals surface area contributed by atoms with E-state index in [0.29, 0.717) is 16.8 Å². The summed E-state index contributed by atoms with van der Waals surface area (Å²) in [5.74, 6) is -0.171. The van der Waals surface area contributed by atoms with E-state index >= 15 is 0 Å². The molecule has 1 aromatic rings. The first-order chi connectivity index (χ1) is 6.43. The second-order valence-electron chi connectivity index (χ2n) is 3.37. The van der Waals surface area contributed by atoms with Gasteiger partial charge in [-0.3, -0.25) is 9.59 Å². The number of nitrogen functional groups attached to an aromatic ring is 1. The van der Waals surface area contributed by atoms with Crippen molar-refractivity contribution in [1.29, 1.82) is 0 Å². The van der Waals surface area contributed by atoms with Crippen LogP contribution in [0.25, 0.3) is 0 Å². The fourth-order valence-electron chi connectivity index (χ4n) is 1.41. The van der Waals surface area contributed by atoms with Gasteiger partial charge in [0.25, 0.3) is 0 Å². The molecule has 0 aliphatic heterocycles. The molecule has 0 spiro atoms. The van der Waals surface area contributed by atoms with Crippen molar-refractivity contribution in [1.82, 2.24) is 0 Å². The van der Waals surface area contributed by atoms with Gasteiger partial charge in [0.1, 0.15) is 0 Å². The van der Waals surface area contributed by atoms with Gasteiger partial charge in [0.15, 0.2) is 11.6 Å². The summed E-state index contributed by atoms with van der Waals surface area (Å²) in [7, 11) is 0. The Balaban J connectivity index is 3.42. The van der Waals surface area contributed by atoms with Gasteiger partial charge >= 0.3 is 0 Å². The van der Waals surface area contributed by atoms with Crippen molar-refractivity contribution in [2.75, 3.05) is 5.73 Å². The van der Waals surface area contributed by atoms with Gasteiger partial charge in [-0.25, -0.2) is 0 Å². The van der Waals surface area contributed by atoms with Gasteiger partial charge in [-0.1, -0.05) is 0 Å². The van der Waals surface area contributed by atoms with Gasteiger partial charge in [-0.15, -0.1) is 0 Å². The summed E-state index contributed by atoms with van der Waals surface area (Å²) < 4.78 is 0. The average molecular weight is 191 g/mol. The molecule has 1 rings (SSSR count). The molecular weight excluding hydrogens is 178 g/mol. The van der Waals surface area contributed by atoms with Crippen LogP contribution in [0.3, 0.4) is 0 Å². The Bertz CT molecular complexity index is 373. The van der Waals surface area contributed by atoms with E-state index in [-0.39, 0.29) is 11.6 Å². The van der Waals surface area contributed by atoms with Crippen LogP contribution in [0, 0.1) is 6.92 Å². The zero-order valence-electron chi connectivity index (χ0n) is 8.55. The number of nitrogens with two attached hydrogens (primary N) is 1. The minimum atomic E-state index is -0.120. The first-order valence-electron chi connectivity index (χ1n) is 4.35. The van der Waals surface area contributed by atoms with E-state index in [4.69, 9.17) is 5.73 Å². The van der Waals surface area contributed by atoms with E-state index < -0.39 is 0 Å². The quantitative estimate of drug-likeness (QED) is 0.574. The topological polar surface area (TPSA) is 60.2 Å². The van der Waals surface area contributed by atoms with Crippen LogP contribution >= 0.6 is 0 Å². The highest BCUT2D eigenvalue weighted by atomic mass is 16.1. The predicted octanol–water partition coefficient (Wildman–Crippen LogP) is 1.98. The number of aryl methyl sites for hydroxylation is 1. The summed E-state index contributed by atoms with van der Waals surface area (Å²) in [5.41, 5.74) is 7.87. The summed E-state index contributed by atoms with van der Waals surface area (Å²) in [6.07, 6.45) is 0. The van der Waals surface area contributed by atoms with Crippen LogP contribution in [-0.2, 0) is 0 Å². The molecule has 14 heavy (non-hydrogen) atoms. The Kier molecular flexibility index (Phi) is 2.70. The Morgan fingerprint density at radius 3 is 2.00 bits per heavy atom. The highest BCUT2D eigenvalue weighted by Crippen LogP contribution is 2.19. The number of benzene rings is 1. The number of anilines is 1. The summed E-state index contributed by atoms with van der Waals surface area (Å²) >= 11 is 0. The largest absolute Gasteiger partial charge is 0.398 e. The molecule has 0 aromatic heterocycles. The second-order valence-corrected chi connectivity index (χ2v) is 3.37. The smallest absolute Gasteiger partial charge is 0.161 e. The fourth-order valence-corrected chi connectivity index (χ4v) is 1.41. The third kappa shape index (κ3) is 1.82. The van der Waals surface area contributed by atoms with E-state index in [2.05, 4.69) is 0 Å². The molecule has 0 unspecified atom stereocenters. The van der Waals surface area contributed by atoms with Crippen molar-refractivity contribution in [2.45, 2.75) is 20.8 Å². The zero-order chi connectivity index (χ0) is 10.9. The molecular formula is C11H13NO2. The van der Waals surface area contributed by atoms with Gasteiger partial charge in [-0.2, -0.15) is 0 Å². The Morgan fingerprint density at radius 1 is 1.07 bits per heavy atom. The fraction of sp³-hybridized carbons (Fsp3) is 0.273. The molecule has 0 radical (unpaired) electrons. The predicted molar refractivity (Wildman–Crippen MR) is 55.6 cm³/mol. The Labute approximate surface area is 82.9 Å². The molecule has 1 aromatic carbocycles. The van der Waals surface area contributed by atoms with E-state index in [1.807, 2.05) is 0 Å². The summed E-state index contributed by atoms with van der Waals surface area (Å²) in [6.45, 7) is 4.71. The van der Waals surface area contributed by atoms with Crippen LogP contribution in [-0.4, -0.2) is 11.6 Å². The number of hydrogen-bond donors (Lipinski definition) is 1. The molecule has 0 aliphatic rings. The Morgan fingerprint density at radius 2 is 1.57 bits per heavy atom. The number of Topliss-reactive ketones (excluding diaryl/α,β-unsaturated/α-hetero) is 2. The van der Waals surface area contributed by atoms with Crippen molar-refractivity contribution in [3.8, 4) is 0 Å². The first kappa shape index (κ1) is 10.4. The van der Waals surface area contributed by atoms with Crippen LogP contribution in [0.5, 0.6) is 0 Å². The molecule has 0 atom stereocenters. The molecule has 0 amide bonds. The van der Waals surface area contributed by atoms with Crippen molar-refractivity contribution >= 4 is 17.3 Å². The standard InChI is InChI=1S/C11H13NO2/c1-6-4-11(12)10(8(3)14)5-9(6)7(2)13/h4-5H,12H2,1-3H3. The van der Waals surface area contributed by atoms with E-state index in [9.17, 15) is 9.59 Å². The van der Waals surface area contributed by atoms with E-state index in [1.54, 1.807) is 19.1 Å². The maximum atomic E-state index is 11.2. The molecule has 3 nitrogen and oxygen atoms in total. The highest BCUT2D eigenvalue weighted by Gasteiger charge is 2.11. The monoisotopic (exact) mass is 191 g/mol. The molecule has 0 bridgehead atoms. The lowest BCUT2D eigenvalue weighted by Crippen LogP contribution is -2.05. The summed E-state index contributed by atoms with van der Waals surface area (Å²) in [4.78, 5) is 22.4. The number of carbonyl (C=O) groups is 2. The average Bonchev–Trinajstić information content (AvgIpc) is 2.02. The van der Waals surface area contributed by atoms with Crippen molar-refractivity contribution < 1.29 is 9.59 Å². The zero-order valence-corrected chi connectivity index (χ0v) is 8.55. The minimum absolute atomic E-state index is 0.0509. The molecule has 74 valence electrons. The third-order valence-electron chi connectivity index (χ3n) is 2.16. The van der Waals surface area contributed by atoms with Crippen molar-refractivity contribution in [2.24, 2.45) is 0 Å². The van der Waals surface area contributed by atoms with Gasteiger partial charge in [-0.05, 0) is 38.5 Å². The van der Waals surface area contributed by atoms with Crippen LogP contribution < -0.4 is 5.73 Å². The SMILES string of the molecule is CC(=O)c1cc(C(C)=O)c(N)cc1C. The lowest BCUT2D eigenvalue weighted by Gasteiger charge is -2.07. The van der Waals surface area contributed by atoms with Gasteiger partial charge in [0, 0.05) is 16.8 Å².